The Morgan fingerprint density at radius 1 is 1.00 bits per heavy atom. The highest BCUT2D eigenvalue weighted by atomic mass is 16.5. The van der Waals surface area contributed by atoms with E-state index in [2.05, 4.69) is 15.6 Å². The predicted octanol–water partition coefficient (Wildman–Crippen LogP) is 3.05. The summed E-state index contributed by atoms with van der Waals surface area (Å²) in [5.74, 6) is 1.20. The Morgan fingerprint density at radius 2 is 1.62 bits per heavy atom. The van der Waals surface area contributed by atoms with Crippen molar-refractivity contribution in [3.63, 3.8) is 0 Å². The van der Waals surface area contributed by atoms with Gasteiger partial charge in [-0.2, -0.15) is 0 Å². The summed E-state index contributed by atoms with van der Waals surface area (Å²) in [6, 6.07) is 8.38. The number of ether oxygens (including phenoxy) is 2. The summed E-state index contributed by atoms with van der Waals surface area (Å²) in [6.07, 6.45) is 1.60. The molecule has 1 heterocycles. The molecule has 0 atom stereocenters. The number of carbonyl (C=O) groups excluding carboxylic acids is 1. The zero-order valence-corrected chi connectivity index (χ0v) is 12.1. The number of urea groups is 1. The maximum Gasteiger partial charge on any atom is 0.323 e. The fourth-order valence-corrected chi connectivity index (χ4v) is 1.71. The van der Waals surface area contributed by atoms with E-state index in [1.54, 1.807) is 44.7 Å². The summed E-state index contributed by atoms with van der Waals surface area (Å²) in [4.78, 5) is 16.0. The fourth-order valence-electron chi connectivity index (χ4n) is 1.71. The number of anilines is 2. The zero-order valence-electron chi connectivity index (χ0n) is 12.1. The number of methoxy groups -OCH3 is 2. The molecule has 0 bridgehead atoms. The van der Waals surface area contributed by atoms with Gasteiger partial charge in [-0.25, -0.2) is 4.79 Å². The minimum absolute atomic E-state index is 0.365. The van der Waals surface area contributed by atoms with Crippen molar-refractivity contribution in [2.75, 3.05) is 24.9 Å². The first-order valence-corrected chi connectivity index (χ1v) is 6.34. The highest BCUT2D eigenvalue weighted by Gasteiger charge is 2.06. The maximum atomic E-state index is 11.9. The number of amides is 2. The number of hydrogen-bond donors (Lipinski definition) is 2. The Kier molecular flexibility index (Phi) is 4.61. The van der Waals surface area contributed by atoms with Crippen molar-refractivity contribution in [3.8, 4) is 11.5 Å². The van der Waals surface area contributed by atoms with Crippen LogP contribution in [0.15, 0.2) is 36.5 Å². The van der Waals surface area contributed by atoms with Crippen LogP contribution in [-0.2, 0) is 0 Å². The lowest BCUT2D eigenvalue weighted by molar-refractivity contribution is 0.262. The number of carbonyl (C=O) groups is 1. The Bertz CT molecular complexity index is 604. The smallest absolute Gasteiger partial charge is 0.323 e. The first-order chi connectivity index (χ1) is 10.1. The lowest BCUT2D eigenvalue weighted by Gasteiger charge is -2.10. The number of nitrogens with zero attached hydrogens (tertiary/aromatic N) is 1. The van der Waals surface area contributed by atoms with E-state index in [1.165, 1.54) is 0 Å². The van der Waals surface area contributed by atoms with Gasteiger partial charge >= 0.3 is 6.03 Å². The van der Waals surface area contributed by atoms with Crippen LogP contribution in [0.4, 0.5) is 16.2 Å². The van der Waals surface area contributed by atoms with Crippen LogP contribution in [0.3, 0.4) is 0 Å². The van der Waals surface area contributed by atoms with Crippen molar-refractivity contribution in [1.82, 2.24) is 4.98 Å². The molecule has 0 aliphatic carbocycles. The van der Waals surface area contributed by atoms with Crippen LogP contribution in [0.5, 0.6) is 11.5 Å². The van der Waals surface area contributed by atoms with Crippen molar-refractivity contribution < 1.29 is 14.3 Å². The van der Waals surface area contributed by atoms with Gasteiger partial charge in [-0.15, -0.1) is 0 Å². The van der Waals surface area contributed by atoms with Gasteiger partial charge in [-0.1, -0.05) is 0 Å². The molecule has 2 N–H and O–H groups in total. The number of nitrogens with one attached hydrogen (secondary N) is 2. The van der Waals surface area contributed by atoms with Crippen LogP contribution in [-0.4, -0.2) is 25.2 Å². The summed E-state index contributed by atoms with van der Waals surface area (Å²) in [5.41, 5.74) is 2.08. The van der Waals surface area contributed by atoms with Gasteiger partial charge in [-0.05, 0) is 19.1 Å². The Labute approximate surface area is 123 Å². The first-order valence-electron chi connectivity index (χ1n) is 6.34. The molecule has 0 radical (unpaired) electrons. The van der Waals surface area contributed by atoms with Crippen molar-refractivity contribution in [3.05, 3.63) is 42.2 Å². The third-order valence-electron chi connectivity index (χ3n) is 2.78. The van der Waals surface area contributed by atoms with E-state index in [0.717, 1.165) is 5.69 Å². The van der Waals surface area contributed by atoms with Gasteiger partial charge in [0.05, 0.1) is 26.1 Å². The predicted molar refractivity (Wildman–Crippen MR) is 81.2 cm³/mol. The molecule has 2 amide bonds. The molecule has 0 unspecified atom stereocenters. The van der Waals surface area contributed by atoms with Gasteiger partial charge < -0.3 is 20.1 Å². The second kappa shape index (κ2) is 6.60. The summed E-state index contributed by atoms with van der Waals surface area (Å²) >= 11 is 0. The first kappa shape index (κ1) is 14.6. The summed E-state index contributed by atoms with van der Waals surface area (Å²) in [6.45, 7) is 1.88. The Hall–Kier alpha value is -2.76. The van der Waals surface area contributed by atoms with Crippen molar-refractivity contribution in [2.24, 2.45) is 0 Å². The van der Waals surface area contributed by atoms with Gasteiger partial charge in [0.15, 0.2) is 0 Å². The monoisotopic (exact) mass is 287 g/mol. The highest BCUT2D eigenvalue weighted by Crippen LogP contribution is 2.25. The van der Waals surface area contributed by atoms with E-state index < -0.39 is 0 Å². The van der Waals surface area contributed by atoms with Crippen LogP contribution in [0.1, 0.15) is 5.69 Å². The van der Waals surface area contributed by atoms with Gasteiger partial charge in [0.2, 0.25) is 0 Å². The van der Waals surface area contributed by atoms with Crippen LogP contribution in [0, 0.1) is 6.92 Å². The van der Waals surface area contributed by atoms with Crippen molar-refractivity contribution in [1.29, 1.82) is 0 Å². The van der Waals surface area contributed by atoms with Gasteiger partial charge in [0.25, 0.3) is 0 Å². The van der Waals surface area contributed by atoms with E-state index in [9.17, 15) is 4.79 Å². The molecule has 0 aliphatic heterocycles. The van der Waals surface area contributed by atoms with E-state index in [0.29, 0.717) is 22.9 Å². The Balaban J connectivity index is 2.06. The molecule has 1 aromatic carbocycles. The highest BCUT2D eigenvalue weighted by molar-refractivity contribution is 5.99. The average Bonchev–Trinajstić information content (AvgIpc) is 2.49. The second-order valence-electron chi connectivity index (χ2n) is 4.37. The topological polar surface area (TPSA) is 72.5 Å². The number of benzene rings is 1. The summed E-state index contributed by atoms with van der Waals surface area (Å²) in [5, 5.41) is 5.42. The van der Waals surface area contributed by atoms with Gasteiger partial charge in [-0.3, -0.25) is 4.98 Å². The largest absolute Gasteiger partial charge is 0.497 e. The zero-order chi connectivity index (χ0) is 15.2. The molecule has 1 aromatic heterocycles. The van der Waals surface area contributed by atoms with E-state index in [4.69, 9.17) is 9.47 Å². The lowest BCUT2D eigenvalue weighted by Crippen LogP contribution is -2.19. The molecular weight excluding hydrogens is 270 g/mol. The van der Waals surface area contributed by atoms with Crippen LogP contribution in [0.2, 0.25) is 0 Å². The third kappa shape index (κ3) is 4.10. The molecular formula is C15H17N3O3. The summed E-state index contributed by atoms with van der Waals surface area (Å²) < 4.78 is 10.3. The van der Waals surface area contributed by atoms with Gasteiger partial charge in [0, 0.05) is 29.6 Å². The Morgan fingerprint density at radius 3 is 2.14 bits per heavy atom. The number of aryl methyl sites for hydroxylation is 1. The van der Waals surface area contributed by atoms with Gasteiger partial charge in [0.1, 0.15) is 11.5 Å². The maximum absolute atomic E-state index is 11.9. The fraction of sp³-hybridized carbons (Fsp3) is 0.200. The quantitative estimate of drug-likeness (QED) is 0.906. The standard InChI is InChI=1S/C15H17N3O3/c1-10-4-5-11(9-16-10)17-15(19)18-12-6-13(20-2)8-14(7-12)21-3/h4-9H,1-3H3,(H2,17,18,19). The molecule has 0 saturated heterocycles. The molecule has 0 aliphatic rings. The molecule has 0 saturated carbocycles. The molecule has 6 nitrogen and oxygen atoms in total. The normalized spacial score (nSPS) is 9.86. The van der Waals surface area contributed by atoms with Crippen LogP contribution in [0.25, 0.3) is 0 Å². The van der Waals surface area contributed by atoms with Crippen molar-refractivity contribution in [2.45, 2.75) is 6.92 Å². The van der Waals surface area contributed by atoms with Crippen LogP contribution >= 0.6 is 0 Å². The summed E-state index contributed by atoms with van der Waals surface area (Å²) in [7, 11) is 3.10. The SMILES string of the molecule is COc1cc(NC(=O)Nc2ccc(C)nc2)cc(OC)c1. The van der Waals surface area contributed by atoms with E-state index >= 15 is 0 Å². The number of rotatable bonds is 4. The van der Waals surface area contributed by atoms with Crippen LogP contribution < -0.4 is 20.1 Å². The molecule has 2 rings (SSSR count). The number of pyridine rings is 1. The van der Waals surface area contributed by atoms with E-state index in [1.807, 2.05) is 13.0 Å². The molecule has 0 spiro atoms. The molecule has 21 heavy (non-hydrogen) atoms. The second-order valence-corrected chi connectivity index (χ2v) is 4.37. The number of hydrogen-bond acceptors (Lipinski definition) is 4. The minimum Gasteiger partial charge on any atom is -0.497 e. The van der Waals surface area contributed by atoms with Crippen molar-refractivity contribution >= 4 is 17.4 Å². The third-order valence-corrected chi connectivity index (χ3v) is 2.78. The lowest BCUT2D eigenvalue weighted by atomic mass is 10.3. The van der Waals surface area contributed by atoms with E-state index in [-0.39, 0.29) is 6.03 Å². The number of aromatic nitrogens is 1. The molecule has 2 aromatic rings. The molecule has 6 heteroatoms. The minimum atomic E-state index is -0.365. The average molecular weight is 287 g/mol. The molecule has 110 valence electrons. The molecule has 0 fully saturated rings.